The van der Waals surface area contributed by atoms with Gasteiger partial charge in [-0.2, -0.15) is 0 Å². The van der Waals surface area contributed by atoms with Gasteiger partial charge in [-0.1, -0.05) is 133 Å². The van der Waals surface area contributed by atoms with Crippen molar-refractivity contribution in [3.8, 4) is 11.1 Å². The van der Waals surface area contributed by atoms with E-state index in [4.69, 9.17) is 16.6 Å². The molecule has 0 spiro atoms. The quantitative estimate of drug-likeness (QED) is 0.202. The van der Waals surface area contributed by atoms with Crippen molar-refractivity contribution in [2.24, 2.45) is 4.99 Å². The van der Waals surface area contributed by atoms with E-state index in [0.29, 0.717) is 0 Å². The van der Waals surface area contributed by atoms with Gasteiger partial charge in [0.15, 0.2) is 5.62 Å². The van der Waals surface area contributed by atoms with Crippen LogP contribution in [0.5, 0.6) is 0 Å². The number of nitrogens with one attached hydrogen (secondary N) is 1. The second-order valence-corrected chi connectivity index (χ2v) is 9.70. The maximum Gasteiger partial charge on any atom is 0.196 e. The van der Waals surface area contributed by atoms with Gasteiger partial charge in [0.25, 0.3) is 0 Å². The minimum absolute atomic E-state index is 0.393. The molecule has 2 aliphatic rings. The molecular weight excluding hydrogens is 460 g/mol. The van der Waals surface area contributed by atoms with Crippen LogP contribution in [0.15, 0.2) is 132 Å². The van der Waals surface area contributed by atoms with Crippen LogP contribution in [0, 0.1) is 0 Å². The molecule has 5 aromatic carbocycles. The average Bonchev–Trinajstić information content (AvgIpc) is 3.24. The van der Waals surface area contributed by atoms with Crippen LogP contribution in [-0.2, 0) is 5.41 Å². The number of halogens is 1. The number of rotatable bonds is 3. The summed E-state index contributed by atoms with van der Waals surface area (Å²) in [6.45, 7) is 0. The molecule has 5 aromatic rings. The highest BCUT2D eigenvalue weighted by atomic mass is 35.5. The Kier molecular flexibility index (Phi) is 4.83. The third-order valence-electron chi connectivity index (χ3n) is 7.45. The minimum Gasteiger partial charge on any atom is -0.351 e. The smallest absolute Gasteiger partial charge is 0.196 e. The first-order chi connectivity index (χ1) is 17.8. The Morgan fingerprint density at radius 2 is 1.08 bits per heavy atom. The number of fused-ring (bicyclic) bond motifs is 4. The third-order valence-corrected chi connectivity index (χ3v) is 7.66. The fraction of sp³-hybridized carbons (Fsp3) is 0.0606. The van der Waals surface area contributed by atoms with E-state index >= 15 is 0 Å². The van der Waals surface area contributed by atoms with Crippen molar-refractivity contribution in [1.29, 1.82) is 0 Å². The highest BCUT2D eigenvalue weighted by molar-refractivity contribution is 6.26. The van der Waals surface area contributed by atoms with Crippen molar-refractivity contribution in [3.63, 3.8) is 0 Å². The van der Waals surface area contributed by atoms with E-state index in [2.05, 4.69) is 115 Å². The molecule has 0 fully saturated rings. The summed E-state index contributed by atoms with van der Waals surface area (Å²) in [7, 11) is 0. The predicted octanol–water partition coefficient (Wildman–Crippen LogP) is 7.84. The lowest BCUT2D eigenvalue weighted by Crippen LogP contribution is -2.28. The van der Waals surface area contributed by atoms with Gasteiger partial charge >= 0.3 is 0 Å². The normalized spacial score (nSPS) is 16.8. The van der Waals surface area contributed by atoms with Crippen LogP contribution >= 0.6 is 11.6 Å². The third kappa shape index (κ3) is 3.01. The molecular formula is C33H23ClN2. The number of benzene rings is 5. The highest BCUT2D eigenvalue weighted by Crippen LogP contribution is 2.55. The van der Waals surface area contributed by atoms with Crippen LogP contribution in [0.2, 0.25) is 0 Å². The molecule has 1 heterocycles. The van der Waals surface area contributed by atoms with Gasteiger partial charge in [-0.25, -0.2) is 4.99 Å². The van der Waals surface area contributed by atoms with E-state index in [0.717, 1.165) is 22.5 Å². The van der Waals surface area contributed by atoms with Crippen LogP contribution in [0.4, 0.5) is 5.69 Å². The van der Waals surface area contributed by atoms with Crippen LogP contribution < -0.4 is 5.32 Å². The van der Waals surface area contributed by atoms with Crippen LogP contribution in [-0.4, -0.2) is 11.3 Å². The van der Waals surface area contributed by atoms with Gasteiger partial charge in [0.05, 0.1) is 11.1 Å². The number of para-hydroxylation sites is 1. The summed E-state index contributed by atoms with van der Waals surface area (Å²) >= 11 is 6.44. The summed E-state index contributed by atoms with van der Waals surface area (Å²) in [6.07, 6.45) is 0. The topological polar surface area (TPSA) is 24.4 Å². The molecule has 1 unspecified atom stereocenters. The van der Waals surface area contributed by atoms with Gasteiger partial charge in [-0.05, 0) is 39.4 Å². The molecule has 1 N–H and O–H groups in total. The molecule has 0 saturated carbocycles. The van der Waals surface area contributed by atoms with Gasteiger partial charge in [0.2, 0.25) is 0 Å². The number of aliphatic imine (C=N–C) groups is 1. The number of hydrogen-bond acceptors (Lipinski definition) is 2. The van der Waals surface area contributed by atoms with E-state index in [1.54, 1.807) is 0 Å². The van der Waals surface area contributed by atoms with Crippen molar-refractivity contribution >= 4 is 23.0 Å². The Morgan fingerprint density at radius 3 is 1.75 bits per heavy atom. The number of anilines is 1. The average molecular weight is 483 g/mol. The monoisotopic (exact) mass is 482 g/mol. The van der Waals surface area contributed by atoms with Crippen molar-refractivity contribution in [2.75, 3.05) is 5.32 Å². The zero-order chi connectivity index (χ0) is 24.1. The van der Waals surface area contributed by atoms with Crippen LogP contribution in [0.3, 0.4) is 0 Å². The molecule has 0 bridgehead atoms. The van der Waals surface area contributed by atoms with Crippen LogP contribution in [0.1, 0.15) is 33.4 Å². The van der Waals surface area contributed by atoms with E-state index in [1.165, 1.54) is 33.4 Å². The summed E-state index contributed by atoms with van der Waals surface area (Å²) in [5.41, 5.74) is 10.9. The lowest BCUT2D eigenvalue weighted by molar-refractivity contribution is 0.768. The van der Waals surface area contributed by atoms with Gasteiger partial charge < -0.3 is 5.32 Å². The minimum atomic E-state index is -0.487. The number of alkyl halides is 1. The second kappa shape index (κ2) is 8.22. The summed E-state index contributed by atoms with van der Waals surface area (Å²) in [5.74, 6) is 0. The molecule has 1 atom stereocenters. The standard InChI is InChI=1S/C33H23ClN2/c34-32-35-30-17-9-6-14-27(30)31(36-32)22-18-20-24(21-19-22)33(23-10-2-1-3-11-23)28-15-7-4-12-25(28)26-13-5-8-16-29(26)33/h1-21,32,35H. The molecule has 172 valence electrons. The zero-order valence-corrected chi connectivity index (χ0v) is 20.3. The highest BCUT2D eigenvalue weighted by Gasteiger charge is 2.45. The second-order valence-electron chi connectivity index (χ2n) is 9.29. The summed E-state index contributed by atoms with van der Waals surface area (Å²) in [6, 6.07) is 45.6. The summed E-state index contributed by atoms with van der Waals surface area (Å²) < 4.78 is 0. The van der Waals surface area contributed by atoms with E-state index in [1.807, 2.05) is 18.2 Å². The van der Waals surface area contributed by atoms with E-state index in [-0.39, 0.29) is 0 Å². The van der Waals surface area contributed by atoms with Crippen LogP contribution in [0.25, 0.3) is 11.1 Å². The largest absolute Gasteiger partial charge is 0.351 e. The predicted molar refractivity (Wildman–Crippen MR) is 149 cm³/mol. The Hall–Kier alpha value is -4.14. The van der Waals surface area contributed by atoms with Crippen molar-refractivity contribution in [2.45, 2.75) is 11.0 Å². The van der Waals surface area contributed by atoms with Gasteiger partial charge in [0.1, 0.15) is 0 Å². The molecule has 1 aliphatic heterocycles. The van der Waals surface area contributed by atoms with Gasteiger partial charge in [0, 0.05) is 16.8 Å². The van der Waals surface area contributed by atoms with Gasteiger partial charge in [-0.3, -0.25) is 0 Å². The fourth-order valence-corrected chi connectivity index (χ4v) is 6.19. The molecule has 0 radical (unpaired) electrons. The molecule has 0 aromatic heterocycles. The van der Waals surface area contributed by atoms with E-state index in [9.17, 15) is 0 Å². The molecule has 36 heavy (non-hydrogen) atoms. The lowest BCUT2D eigenvalue weighted by atomic mass is 9.67. The Morgan fingerprint density at radius 1 is 0.556 bits per heavy atom. The first-order valence-corrected chi connectivity index (χ1v) is 12.6. The molecule has 1 aliphatic carbocycles. The summed E-state index contributed by atoms with van der Waals surface area (Å²) in [4.78, 5) is 4.74. The maximum absolute atomic E-state index is 6.44. The van der Waals surface area contributed by atoms with Crippen molar-refractivity contribution < 1.29 is 0 Å². The Balaban J connectivity index is 1.45. The molecule has 0 amide bonds. The fourth-order valence-electron chi connectivity index (χ4n) is 5.98. The molecule has 0 saturated heterocycles. The molecule has 7 rings (SSSR count). The SMILES string of the molecule is ClC1N=C(c2ccc(C3(c4ccccc4)c4ccccc4-c4ccccc43)cc2)c2ccccc2N1. The van der Waals surface area contributed by atoms with Crippen molar-refractivity contribution in [3.05, 3.63) is 161 Å². The van der Waals surface area contributed by atoms with E-state index < -0.39 is 11.0 Å². The first-order valence-electron chi connectivity index (χ1n) is 12.2. The summed E-state index contributed by atoms with van der Waals surface area (Å²) in [5, 5.41) is 3.24. The lowest BCUT2D eigenvalue weighted by Gasteiger charge is -2.34. The number of nitrogens with zero attached hydrogens (tertiary/aromatic N) is 1. The Bertz CT molecular complexity index is 1570. The Labute approximate surface area is 215 Å². The maximum atomic E-state index is 6.44. The van der Waals surface area contributed by atoms with Gasteiger partial charge in [-0.15, -0.1) is 0 Å². The first kappa shape index (κ1) is 21.2. The van der Waals surface area contributed by atoms with Crippen molar-refractivity contribution in [1.82, 2.24) is 0 Å². The number of hydrogen-bond donors (Lipinski definition) is 1. The molecule has 3 heteroatoms. The zero-order valence-electron chi connectivity index (χ0n) is 19.5. The molecule has 2 nitrogen and oxygen atoms in total.